The van der Waals surface area contributed by atoms with E-state index in [1.807, 2.05) is 31.2 Å². The molecule has 0 N–H and O–H groups in total. The molecule has 20 heavy (non-hydrogen) atoms. The monoisotopic (exact) mass is 358 g/mol. The molecule has 0 aliphatic carbocycles. The summed E-state index contributed by atoms with van der Waals surface area (Å²) in [7, 11) is -3.18. The number of unbranched alkanes of at least 4 members (excludes halogenated alkanes) is 1. The van der Waals surface area contributed by atoms with Crippen LogP contribution in [-0.2, 0) is 15.6 Å². The minimum Gasteiger partial charge on any atom is -0.338 e. The molecule has 5 nitrogen and oxygen atoms in total. The lowest BCUT2D eigenvalue weighted by molar-refractivity contribution is 0.389. The number of nitrogens with zero attached hydrogens (tertiary/aromatic N) is 2. The van der Waals surface area contributed by atoms with Crippen LogP contribution in [0.1, 0.15) is 25.7 Å². The molecule has 0 bridgehead atoms. The summed E-state index contributed by atoms with van der Waals surface area (Å²) >= 11 is 3.34. The Bertz CT molecular complexity index is 665. The maximum absolute atomic E-state index is 11.8. The number of rotatable bonds is 6. The van der Waals surface area contributed by atoms with Gasteiger partial charge in [0.15, 0.2) is 9.84 Å². The van der Waals surface area contributed by atoms with Gasteiger partial charge in [0.2, 0.25) is 11.7 Å². The van der Waals surface area contributed by atoms with Crippen molar-refractivity contribution >= 4 is 25.8 Å². The summed E-state index contributed by atoms with van der Waals surface area (Å²) in [5, 5.41) is 3.81. The Balaban J connectivity index is 2.11. The molecule has 1 aromatic heterocycles. The first-order chi connectivity index (χ1) is 9.50. The van der Waals surface area contributed by atoms with E-state index in [1.54, 1.807) is 0 Å². The second-order valence-electron chi connectivity index (χ2n) is 4.46. The van der Waals surface area contributed by atoms with Crippen LogP contribution in [0.3, 0.4) is 0 Å². The number of aromatic nitrogens is 2. The van der Waals surface area contributed by atoms with Gasteiger partial charge in [-0.25, -0.2) is 8.42 Å². The van der Waals surface area contributed by atoms with Crippen molar-refractivity contribution in [3.8, 4) is 11.4 Å². The number of halogens is 1. The van der Waals surface area contributed by atoms with Crippen molar-refractivity contribution in [1.29, 1.82) is 0 Å². The molecular formula is C13H15BrN2O3S. The van der Waals surface area contributed by atoms with E-state index in [0.717, 1.165) is 16.5 Å². The van der Waals surface area contributed by atoms with Crippen molar-refractivity contribution < 1.29 is 12.9 Å². The van der Waals surface area contributed by atoms with E-state index in [9.17, 15) is 8.42 Å². The molecule has 0 aliphatic rings. The molecule has 0 atom stereocenters. The number of hydrogen-bond donors (Lipinski definition) is 0. The molecule has 108 valence electrons. The lowest BCUT2D eigenvalue weighted by Gasteiger charge is -1.98. The molecule has 0 aliphatic heterocycles. The van der Waals surface area contributed by atoms with Crippen LogP contribution in [0, 0.1) is 0 Å². The Morgan fingerprint density at radius 1 is 1.25 bits per heavy atom. The third kappa shape index (κ3) is 4.14. The molecule has 0 amide bonds. The van der Waals surface area contributed by atoms with Crippen molar-refractivity contribution in [2.24, 2.45) is 0 Å². The maximum atomic E-state index is 11.8. The van der Waals surface area contributed by atoms with E-state index in [0.29, 0.717) is 12.2 Å². The highest BCUT2D eigenvalue weighted by atomic mass is 79.9. The van der Waals surface area contributed by atoms with Crippen LogP contribution in [0.4, 0.5) is 0 Å². The second kappa shape index (κ2) is 6.49. The van der Waals surface area contributed by atoms with Crippen LogP contribution < -0.4 is 0 Å². The molecule has 1 heterocycles. The van der Waals surface area contributed by atoms with E-state index in [2.05, 4.69) is 26.1 Å². The summed E-state index contributed by atoms with van der Waals surface area (Å²) < 4.78 is 29.6. The fraction of sp³-hybridized carbons (Fsp3) is 0.385. The van der Waals surface area contributed by atoms with Gasteiger partial charge in [0.1, 0.15) is 5.75 Å². The average molecular weight is 359 g/mol. The normalized spacial score (nSPS) is 11.7. The summed E-state index contributed by atoms with van der Waals surface area (Å²) in [5.41, 5.74) is 0.786. The van der Waals surface area contributed by atoms with Crippen molar-refractivity contribution in [1.82, 2.24) is 10.1 Å². The quantitative estimate of drug-likeness (QED) is 0.792. The minimum absolute atomic E-state index is 0.138. The molecule has 0 saturated heterocycles. The Labute approximate surface area is 126 Å². The highest BCUT2D eigenvalue weighted by molar-refractivity contribution is 9.10. The minimum atomic E-state index is -3.18. The fourth-order valence-electron chi connectivity index (χ4n) is 1.65. The summed E-state index contributed by atoms with van der Waals surface area (Å²) in [4.78, 5) is 4.13. The van der Waals surface area contributed by atoms with E-state index >= 15 is 0 Å². The van der Waals surface area contributed by atoms with Crippen molar-refractivity contribution in [2.75, 3.05) is 5.75 Å². The maximum Gasteiger partial charge on any atom is 0.242 e. The predicted molar refractivity (Wildman–Crippen MR) is 79.8 cm³/mol. The van der Waals surface area contributed by atoms with Gasteiger partial charge in [-0.05, 0) is 30.7 Å². The first-order valence-corrected chi connectivity index (χ1v) is 8.90. The molecule has 0 saturated carbocycles. The highest BCUT2D eigenvalue weighted by Gasteiger charge is 2.17. The largest absolute Gasteiger partial charge is 0.338 e. The van der Waals surface area contributed by atoms with Crippen LogP contribution >= 0.6 is 15.9 Å². The molecule has 1 aromatic carbocycles. The van der Waals surface area contributed by atoms with Crippen LogP contribution in [0.25, 0.3) is 11.4 Å². The van der Waals surface area contributed by atoms with Crippen LogP contribution in [0.2, 0.25) is 0 Å². The van der Waals surface area contributed by atoms with Gasteiger partial charge in [-0.1, -0.05) is 34.4 Å². The van der Waals surface area contributed by atoms with Crippen molar-refractivity contribution in [3.63, 3.8) is 0 Å². The third-order valence-electron chi connectivity index (χ3n) is 2.72. The standard InChI is InChI=1S/C13H15BrN2O3S/c1-2-3-8-20(17,18)9-12-15-13(16-19-12)10-4-6-11(14)7-5-10/h4-7H,2-3,8-9H2,1H3. The van der Waals surface area contributed by atoms with Crippen LogP contribution in [0.15, 0.2) is 33.3 Å². The molecular weight excluding hydrogens is 344 g/mol. The molecule has 0 fully saturated rings. The van der Waals surface area contributed by atoms with Crippen molar-refractivity contribution in [3.05, 3.63) is 34.6 Å². The van der Waals surface area contributed by atoms with Crippen LogP contribution in [0.5, 0.6) is 0 Å². The lowest BCUT2D eigenvalue weighted by atomic mass is 10.2. The van der Waals surface area contributed by atoms with Gasteiger partial charge in [0.05, 0.1) is 5.75 Å². The second-order valence-corrected chi connectivity index (χ2v) is 7.56. The van der Waals surface area contributed by atoms with Gasteiger partial charge in [0.25, 0.3) is 0 Å². The smallest absolute Gasteiger partial charge is 0.242 e. The molecule has 7 heteroatoms. The molecule has 0 unspecified atom stereocenters. The third-order valence-corrected chi connectivity index (χ3v) is 4.85. The van der Waals surface area contributed by atoms with E-state index in [4.69, 9.17) is 4.52 Å². The van der Waals surface area contributed by atoms with Gasteiger partial charge in [-0.2, -0.15) is 4.98 Å². The van der Waals surface area contributed by atoms with Crippen LogP contribution in [-0.4, -0.2) is 24.3 Å². The average Bonchev–Trinajstić information content (AvgIpc) is 2.85. The first-order valence-electron chi connectivity index (χ1n) is 6.29. The van der Waals surface area contributed by atoms with Gasteiger partial charge >= 0.3 is 0 Å². The lowest BCUT2D eigenvalue weighted by Crippen LogP contribution is -2.09. The Morgan fingerprint density at radius 2 is 1.95 bits per heavy atom. The van der Waals surface area contributed by atoms with Gasteiger partial charge < -0.3 is 4.52 Å². The Morgan fingerprint density at radius 3 is 2.60 bits per heavy atom. The summed E-state index contributed by atoms with van der Waals surface area (Å²) in [6.45, 7) is 1.95. The molecule has 0 spiro atoms. The zero-order valence-electron chi connectivity index (χ0n) is 11.0. The Hall–Kier alpha value is -1.21. The van der Waals surface area contributed by atoms with Gasteiger partial charge in [-0.3, -0.25) is 0 Å². The van der Waals surface area contributed by atoms with Crippen molar-refractivity contribution in [2.45, 2.75) is 25.5 Å². The number of benzene rings is 1. The SMILES string of the molecule is CCCCS(=O)(=O)Cc1nc(-c2ccc(Br)cc2)no1. The van der Waals surface area contributed by atoms with Gasteiger partial charge in [-0.15, -0.1) is 0 Å². The predicted octanol–water partition coefficient (Wildman–Crippen LogP) is 3.21. The topological polar surface area (TPSA) is 73.1 Å². The van der Waals surface area contributed by atoms with E-state index < -0.39 is 9.84 Å². The number of sulfone groups is 1. The zero-order valence-corrected chi connectivity index (χ0v) is 13.4. The van der Waals surface area contributed by atoms with Gasteiger partial charge in [0, 0.05) is 10.0 Å². The fourth-order valence-corrected chi connectivity index (χ4v) is 3.28. The van der Waals surface area contributed by atoms with E-state index in [-0.39, 0.29) is 17.4 Å². The first kappa shape index (κ1) is 15.2. The summed E-state index contributed by atoms with van der Waals surface area (Å²) in [5.74, 6) is 0.493. The van der Waals surface area contributed by atoms with E-state index in [1.165, 1.54) is 0 Å². The Kier molecular flexibility index (Phi) is 4.93. The summed E-state index contributed by atoms with van der Waals surface area (Å²) in [6.07, 6.45) is 1.49. The number of hydrogen-bond acceptors (Lipinski definition) is 5. The molecule has 0 radical (unpaired) electrons. The summed E-state index contributed by atoms with van der Waals surface area (Å²) in [6, 6.07) is 7.40. The highest BCUT2D eigenvalue weighted by Crippen LogP contribution is 2.19. The molecule has 2 aromatic rings. The molecule has 2 rings (SSSR count). The zero-order chi connectivity index (χ0) is 14.6.